The molecular formula is C12H23N3O5S. The third-order valence-corrected chi connectivity index (χ3v) is 4.12. The summed E-state index contributed by atoms with van der Waals surface area (Å²) in [7, 11) is -3.39. The van der Waals surface area contributed by atoms with Crippen LogP contribution in [0.5, 0.6) is 0 Å². The summed E-state index contributed by atoms with van der Waals surface area (Å²) in [4.78, 5) is 24.5. The first-order valence-electron chi connectivity index (χ1n) is 6.78. The Balaban J connectivity index is 2.61. The molecule has 8 nitrogen and oxygen atoms in total. The van der Waals surface area contributed by atoms with Crippen molar-refractivity contribution in [1.82, 2.24) is 14.9 Å². The maximum absolute atomic E-state index is 12.1. The average molecular weight is 321 g/mol. The summed E-state index contributed by atoms with van der Waals surface area (Å²) in [5, 5.41) is 11.7. The molecule has 0 aromatic rings. The summed E-state index contributed by atoms with van der Waals surface area (Å²) in [6.45, 7) is 3.74. The molecule has 1 aliphatic rings. The van der Waals surface area contributed by atoms with Crippen LogP contribution >= 0.6 is 0 Å². The van der Waals surface area contributed by atoms with Gasteiger partial charge in [-0.2, -0.15) is 0 Å². The fourth-order valence-corrected chi connectivity index (χ4v) is 3.44. The fourth-order valence-electron chi connectivity index (χ4n) is 2.37. The average Bonchev–Trinajstić information content (AvgIpc) is 2.33. The Morgan fingerprint density at radius 3 is 2.48 bits per heavy atom. The number of likely N-dealkylation sites (tertiary alicyclic amines) is 1. The molecule has 0 saturated carbocycles. The molecule has 0 aromatic carbocycles. The lowest BCUT2D eigenvalue weighted by Gasteiger charge is -2.34. The van der Waals surface area contributed by atoms with Crippen LogP contribution in [0.3, 0.4) is 0 Å². The number of aliphatic carboxylic acids is 1. The van der Waals surface area contributed by atoms with Gasteiger partial charge >= 0.3 is 12.0 Å². The van der Waals surface area contributed by atoms with E-state index < -0.39 is 33.6 Å². The number of nitrogens with zero attached hydrogens (tertiary/aromatic N) is 1. The second-order valence-corrected chi connectivity index (χ2v) is 7.71. The number of amides is 2. The molecule has 1 saturated heterocycles. The minimum absolute atomic E-state index is 0.0712. The zero-order valence-electron chi connectivity index (χ0n) is 12.5. The predicted molar refractivity (Wildman–Crippen MR) is 77.4 cm³/mol. The zero-order valence-corrected chi connectivity index (χ0v) is 13.4. The number of sulfonamides is 1. The lowest BCUT2D eigenvalue weighted by atomic mass is 10.0. The molecule has 21 heavy (non-hydrogen) atoms. The smallest absolute Gasteiger partial charge is 0.326 e. The Morgan fingerprint density at radius 1 is 1.33 bits per heavy atom. The SMILES string of the molecule is CC(C)(CNC(=O)N1CCCCC1C(=O)O)NS(C)(=O)=O. The number of carbonyl (C=O) groups is 2. The number of carboxylic acids is 1. The van der Waals surface area contributed by atoms with E-state index in [9.17, 15) is 18.0 Å². The van der Waals surface area contributed by atoms with E-state index in [0.717, 1.165) is 19.1 Å². The molecule has 1 rings (SSSR count). The molecule has 3 N–H and O–H groups in total. The van der Waals surface area contributed by atoms with Gasteiger partial charge in [-0.1, -0.05) is 0 Å². The standard InChI is InChI=1S/C12H23N3O5S/c1-12(2,14-21(3,19)20)8-13-11(18)15-7-5-4-6-9(15)10(16)17/h9,14H,4-8H2,1-3H3,(H,13,18)(H,16,17). The van der Waals surface area contributed by atoms with Crippen molar-refractivity contribution in [3.05, 3.63) is 0 Å². The normalized spacial score (nSPS) is 20.1. The zero-order chi connectivity index (χ0) is 16.3. The molecule has 0 spiro atoms. The molecule has 9 heteroatoms. The number of hydrogen-bond donors (Lipinski definition) is 3. The van der Waals surface area contributed by atoms with Gasteiger partial charge in [0.1, 0.15) is 6.04 Å². The number of carboxylic acid groups (broad SMARTS) is 1. The third kappa shape index (κ3) is 5.88. The number of rotatable bonds is 5. The predicted octanol–water partition coefficient (Wildman–Crippen LogP) is -0.0371. The fraction of sp³-hybridized carbons (Fsp3) is 0.833. The van der Waals surface area contributed by atoms with Crippen LogP contribution in [-0.4, -0.2) is 61.4 Å². The van der Waals surface area contributed by atoms with E-state index in [1.54, 1.807) is 13.8 Å². The molecule has 0 aromatic heterocycles. The van der Waals surface area contributed by atoms with Crippen LogP contribution in [0.25, 0.3) is 0 Å². The van der Waals surface area contributed by atoms with E-state index in [2.05, 4.69) is 10.0 Å². The van der Waals surface area contributed by atoms with Crippen molar-refractivity contribution in [3.63, 3.8) is 0 Å². The van der Waals surface area contributed by atoms with Gasteiger partial charge in [0, 0.05) is 18.6 Å². The molecule has 2 amide bonds. The highest BCUT2D eigenvalue weighted by atomic mass is 32.2. The topological polar surface area (TPSA) is 116 Å². The van der Waals surface area contributed by atoms with Gasteiger partial charge in [-0.25, -0.2) is 22.7 Å². The second-order valence-electron chi connectivity index (χ2n) is 5.96. The van der Waals surface area contributed by atoms with Gasteiger partial charge in [-0.15, -0.1) is 0 Å². The summed E-state index contributed by atoms with van der Waals surface area (Å²) in [6, 6.07) is -1.30. The summed E-state index contributed by atoms with van der Waals surface area (Å²) >= 11 is 0. The van der Waals surface area contributed by atoms with Crippen LogP contribution in [-0.2, 0) is 14.8 Å². The van der Waals surface area contributed by atoms with E-state index in [-0.39, 0.29) is 6.54 Å². The molecular weight excluding hydrogens is 298 g/mol. The molecule has 1 atom stereocenters. The minimum Gasteiger partial charge on any atom is -0.480 e. The molecule has 0 radical (unpaired) electrons. The summed E-state index contributed by atoms with van der Waals surface area (Å²) in [6.07, 6.45) is 3.03. The molecule has 1 unspecified atom stereocenters. The first-order chi connectivity index (χ1) is 9.52. The van der Waals surface area contributed by atoms with Crippen molar-refractivity contribution in [2.75, 3.05) is 19.3 Å². The first kappa shape index (κ1) is 17.7. The minimum atomic E-state index is -3.39. The maximum atomic E-state index is 12.1. The van der Waals surface area contributed by atoms with Crippen molar-refractivity contribution in [1.29, 1.82) is 0 Å². The summed E-state index contributed by atoms with van der Waals surface area (Å²) < 4.78 is 24.9. The second kappa shape index (κ2) is 6.61. The number of hydrogen-bond acceptors (Lipinski definition) is 4. The van der Waals surface area contributed by atoms with Gasteiger partial charge in [-0.3, -0.25) is 0 Å². The van der Waals surface area contributed by atoms with Crippen molar-refractivity contribution >= 4 is 22.0 Å². The number of piperidine rings is 1. The Morgan fingerprint density at radius 2 is 1.95 bits per heavy atom. The molecule has 0 aliphatic carbocycles. The summed E-state index contributed by atoms with van der Waals surface area (Å²) in [5.41, 5.74) is -0.849. The van der Waals surface area contributed by atoms with Crippen LogP contribution in [0, 0.1) is 0 Å². The highest BCUT2D eigenvalue weighted by Gasteiger charge is 2.32. The van der Waals surface area contributed by atoms with Gasteiger partial charge in [0.25, 0.3) is 0 Å². The maximum Gasteiger partial charge on any atom is 0.326 e. The Bertz CT molecular complexity index is 503. The number of carbonyl (C=O) groups excluding carboxylic acids is 1. The lowest BCUT2D eigenvalue weighted by molar-refractivity contribution is -0.143. The van der Waals surface area contributed by atoms with Crippen LogP contribution in [0.4, 0.5) is 4.79 Å². The van der Waals surface area contributed by atoms with Crippen molar-refractivity contribution < 1.29 is 23.1 Å². The molecule has 1 aliphatic heterocycles. The van der Waals surface area contributed by atoms with Crippen molar-refractivity contribution in [2.45, 2.75) is 44.7 Å². The molecule has 122 valence electrons. The van der Waals surface area contributed by atoms with E-state index in [4.69, 9.17) is 5.11 Å². The van der Waals surface area contributed by atoms with E-state index >= 15 is 0 Å². The monoisotopic (exact) mass is 321 g/mol. The van der Waals surface area contributed by atoms with Crippen LogP contribution in [0.15, 0.2) is 0 Å². The first-order valence-corrected chi connectivity index (χ1v) is 8.67. The molecule has 0 bridgehead atoms. The van der Waals surface area contributed by atoms with E-state index in [1.165, 1.54) is 4.90 Å². The quantitative estimate of drug-likeness (QED) is 0.657. The van der Waals surface area contributed by atoms with Crippen LogP contribution in [0.2, 0.25) is 0 Å². The van der Waals surface area contributed by atoms with Crippen LogP contribution in [0.1, 0.15) is 33.1 Å². The lowest BCUT2D eigenvalue weighted by Crippen LogP contribution is -2.56. The molecule has 1 heterocycles. The third-order valence-electron chi connectivity index (χ3n) is 3.19. The number of urea groups is 1. The highest BCUT2D eigenvalue weighted by Crippen LogP contribution is 2.17. The van der Waals surface area contributed by atoms with Crippen molar-refractivity contribution in [2.24, 2.45) is 0 Å². The van der Waals surface area contributed by atoms with E-state index in [1.807, 2.05) is 0 Å². The van der Waals surface area contributed by atoms with Crippen LogP contribution < -0.4 is 10.0 Å². The number of nitrogens with one attached hydrogen (secondary N) is 2. The summed E-state index contributed by atoms with van der Waals surface area (Å²) in [5.74, 6) is -1.02. The van der Waals surface area contributed by atoms with E-state index in [0.29, 0.717) is 13.0 Å². The van der Waals surface area contributed by atoms with Crippen molar-refractivity contribution in [3.8, 4) is 0 Å². The van der Waals surface area contributed by atoms with Gasteiger partial charge in [0.05, 0.1) is 6.26 Å². The van der Waals surface area contributed by atoms with Gasteiger partial charge in [-0.05, 0) is 33.1 Å². The largest absolute Gasteiger partial charge is 0.480 e. The molecule has 1 fully saturated rings. The Labute approximate surface area is 124 Å². The highest BCUT2D eigenvalue weighted by molar-refractivity contribution is 7.88. The van der Waals surface area contributed by atoms with Gasteiger partial charge in [0.2, 0.25) is 10.0 Å². The Kier molecular flexibility index (Phi) is 5.57. The Hall–Kier alpha value is -1.35. The van der Waals surface area contributed by atoms with Gasteiger partial charge < -0.3 is 15.3 Å². The van der Waals surface area contributed by atoms with Gasteiger partial charge in [0.15, 0.2) is 0 Å².